The smallest absolute Gasteiger partial charge is 0.189 e. The van der Waals surface area contributed by atoms with Gasteiger partial charge in [0.1, 0.15) is 12.7 Å². The van der Waals surface area contributed by atoms with Crippen molar-refractivity contribution in [3.63, 3.8) is 0 Å². The van der Waals surface area contributed by atoms with Crippen molar-refractivity contribution < 1.29 is 0 Å². The van der Waals surface area contributed by atoms with E-state index in [1.165, 1.54) is 6.33 Å². The summed E-state index contributed by atoms with van der Waals surface area (Å²) in [5.41, 5.74) is 2.90. The summed E-state index contributed by atoms with van der Waals surface area (Å²) in [6, 6.07) is 7.76. The van der Waals surface area contributed by atoms with Crippen molar-refractivity contribution in [2.75, 3.05) is 0 Å². The molecule has 0 saturated heterocycles. The second-order valence-electron chi connectivity index (χ2n) is 5.61. The van der Waals surface area contributed by atoms with Gasteiger partial charge >= 0.3 is 0 Å². The standard InChI is InChI=1S/C16H19N5O/c1-11-3-4-15-14(5-11)16(22)6-13(20-15)7-18-12(2)8-21-10-17-9-19-21/h3-6,9-10,12,18H,7-8H2,1-2H3,(H,20,22). The Bertz CT molecular complexity index is 822. The highest BCUT2D eigenvalue weighted by Crippen LogP contribution is 2.10. The topological polar surface area (TPSA) is 75.6 Å². The number of hydrogen-bond donors (Lipinski definition) is 2. The van der Waals surface area contributed by atoms with Gasteiger partial charge in [0.2, 0.25) is 0 Å². The fourth-order valence-corrected chi connectivity index (χ4v) is 2.47. The number of aromatic nitrogens is 4. The van der Waals surface area contributed by atoms with Crippen LogP contribution in [-0.4, -0.2) is 25.8 Å². The molecule has 1 aromatic carbocycles. The average molecular weight is 297 g/mol. The third-order valence-corrected chi connectivity index (χ3v) is 3.61. The van der Waals surface area contributed by atoms with E-state index in [2.05, 4.69) is 27.3 Å². The van der Waals surface area contributed by atoms with E-state index in [1.54, 1.807) is 17.1 Å². The first-order chi connectivity index (χ1) is 10.6. The van der Waals surface area contributed by atoms with Gasteiger partial charge in [-0.25, -0.2) is 4.98 Å². The molecule has 0 aliphatic carbocycles. The summed E-state index contributed by atoms with van der Waals surface area (Å²) >= 11 is 0. The molecule has 0 radical (unpaired) electrons. The van der Waals surface area contributed by atoms with Crippen LogP contribution in [0.5, 0.6) is 0 Å². The molecule has 2 aromatic heterocycles. The molecule has 6 nitrogen and oxygen atoms in total. The van der Waals surface area contributed by atoms with Gasteiger partial charge in [0.15, 0.2) is 5.43 Å². The fraction of sp³-hybridized carbons (Fsp3) is 0.312. The highest BCUT2D eigenvalue weighted by atomic mass is 16.1. The maximum Gasteiger partial charge on any atom is 0.189 e. The first-order valence-corrected chi connectivity index (χ1v) is 7.30. The number of fused-ring (bicyclic) bond motifs is 1. The maximum absolute atomic E-state index is 12.2. The first kappa shape index (κ1) is 14.5. The molecule has 0 fully saturated rings. The predicted octanol–water partition coefficient (Wildman–Crippen LogP) is 1.61. The number of rotatable bonds is 5. The number of aryl methyl sites for hydroxylation is 1. The van der Waals surface area contributed by atoms with Crippen LogP contribution in [-0.2, 0) is 13.1 Å². The summed E-state index contributed by atoms with van der Waals surface area (Å²) in [4.78, 5) is 19.4. The van der Waals surface area contributed by atoms with Crippen LogP contribution in [0.2, 0.25) is 0 Å². The van der Waals surface area contributed by atoms with Gasteiger partial charge < -0.3 is 10.3 Å². The fourth-order valence-electron chi connectivity index (χ4n) is 2.47. The van der Waals surface area contributed by atoms with Gasteiger partial charge in [0.25, 0.3) is 0 Å². The Morgan fingerprint density at radius 3 is 3.00 bits per heavy atom. The Morgan fingerprint density at radius 1 is 1.36 bits per heavy atom. The van der Waals surface area contributed by atoms with Crippen molar-refractivity contribution in [3.8, 4) is 0 Å². The van der Waals surface area contributed by atoms with Crippen molar-refractivity contribution in [3.05, 3.63) is 58.4 Å². The van der Waals surface area contributed by atoms with Crippen LogP contribution in [0.25, 0.3) is 10.9 Å². The Hall–Kier alpha value is -2.47. The van der Waals surface area contributed by atoms with Crippen molar-refractivity contribution in [2.45, 2.75) is 33.0 Å². The number of hydrogen-bond acceptors (Lipinski definition) is 4. The van der Waals surface area contributed by atoms with E-state index in [9.17, 15) is 4.79 Å². The van der Waals surface area contributed by atoms with Gasteiger partial charge in [0, 0.05) is 35.2 Å². The summed E-state index contributed by atoms with van der Waals surface area (Å²) in [7, 11) is 0. The van der Waals surface area contributed by atoms with Crippen LogP contribution in [0.1, 0.15) is 18.2 Å². The molecule has 0 aliphatic rings. The molecule has 1 atom stereocenters. The van der Waals surface area contributed by atoms with Crippen molar-refractivity contribution in [1.82, 2.24) is 25.1 Å². The van der Waals surface area contributed by atoms with E-state index >= 15 is 0 Å². The van der Waals surface area contributed by atoms with Gasteiger partial charge in [-0.2, -0.15) is 5.10 Å². The van der Waals surface area contributed by atoms with Crippen LogP contribution in [0.3, 0.4) is 0 Å². The lowest BCUT2D eigenvalue weighted by molar-refractivity contribution is 0.448. The minimum Gasteiger partial charge on any atom is -0.357 e. The van der Waals surface area contributed by atoms with Crippen LogP contribution < -0.4 is 10.7 Å². The molecule has 0 aliphatic heterocycles. The minimum absolute atomic E-state index is 0.0539. The van der Waals surface area contributed by atoms with Crippen LogP contribution >= 0.6 is 0 Å². The number of nitrogens with one attached hydrogen (secondary N) is 2. The van der Waals surface area contributed by atoms with Gasteiger partial charge in [-0.3, -0.25) is 9.48 Å². The summed E-state index contributed by atoms with van der Waals surface area (Å²) in [5, 5.41) is 8.20. The lowest BCUT2D eigenvalue weighted by Gasteiger charge is -2.14. The largest absolute Gasteiger partial charge is 0.357 e. The van der Waals surface area contributed by atoms with E-state index in [1.807, 2.05) is 25.1 Å². The van der Waals surface area contributed by atoms with E-state index in [-0.39, 0.29) is 11.5 Å². The number of pyridine rings is 1. The quantitative estimate of drug-likeness (QED) is 0.750. The minimum atomic E-state index is 0.0539. The molecular weight excluding hydrogens is 278 g/mol. The lowest BCUT2D eigenvalue weighted by Crippen LogP contribution is -2.30. The van der Waals surface area contributed by atoms with E-state index in [4.69, 9.17) is 0 Å². The zero-order valence-electron chi connectivity index (χ0n) is 12.7. The molecule has 22 heavy (non-hydrogen) atoms. The highest BCUT2D eigenvalue weighted by molar-refractivity contribution is 5.79. The van der Waals surface area contributed by atoms with Crippen LogP contribution in [0.15, 0.2) is 41.7 Å². The lowest BCUT2D eigenvalue weighted by atomic mass is 10.1. The zero-order chi connectivity index (χ0) is 15.5. The van der Waals surface area contributed by atoms with E-state index < -0.39 is 0 Å². The second-order valence-corrected chi connectivity index (χ2v) is 5.61. The van der Waals surface area contributed by atoms with E-state index in [0.29, 0.717) is 6.54 Å². The second kappa shape index (κ2) is 6.11. The molecule has 3 aromatic rings. The van der Waals surface area contributed by atoms with Crippen molar-refractivity contribution in [1.29, 1.82) is 0 Å². The van der Waals surface area contributed by atoms with Gasteiger partial charge in [-0.1, -0.05) is 11.6 Å². The first-order valence-electron chi connectivity index (χ1n) is 7.30. The molecule has 3 rings (SSSR count). The number of benzene rings is 1. The number of aromatic amines is 1. The van der Waals surface area contributed by atoms with Crippen LogP contribution in [0, 0.1) is 6.92 Å². The SMILES string of the molecule is Cc1ccc2[nH]c(CNC(C)Cn3cncn3)cc(=O)c2c1. The van der Waals surface area contributed by atoms with Gasteiger partial charge in [-0.15, -0.1) is 0 Å². The van der Waals surface area contributed by atoms with Crippen molar-refractivity contribution >= 4 is 10.9 Å². The third kappa shape index (κ3) is 3.23. The maximum atomic E-state index is 12.2. The molecule has 2 heterocycles. The molecule has 2 N–H and O–H groups in total. The highest BCUT2D eigenvalue weighted by Gasteiger charge is 2.06. The summed E-state index contributed by atoms with van der Waals surface area (Å²) in [6.07, 6.45) is 3.22. The third-order valence-electron chi connectivity index (χ3n) is 3.61. The zero-order valence-corrected chi connectivity index (χ0v) is 12.7. The molecule has 6 heteroatoms. The van der Waals surface area contributed by atoms with Gasteiger partial charge in [-0.05, 0) is 26.0 Å². The monoisotopic (exact) mass is 297 g/mol. The normalized spacial score (nSPS) is 12.6. The van der Waals surface area contributed by atoms with Crippen molar-refractivity contribution in [2.24, 2.45) is 0 Å². The number of H-pyrrole nitrogens is 1. The summed E-state index contributed by atoms with van der Waals surface area (Å²) in [5.74, 6) is 0. The van der Waals surface area contributed by atoms with Gasteiger partial charge in [0.05, 0.1) is 6.54 Å². The molecule has 0 saturated carbocycles. The molecule has 0 amide bonds. The summed E-state index contributed by atoms with van der Waals surface area (Å²) in [6.45, 7) is 5.40. The predicted molar refractivity (Wildman–Crippen MR) is 85.6 cm³/mol. The molecule has 1 unspecified atom stereocenters. The Balaban J connectivity index is 1.71. The summed E-state index contributed by atoms with van der Waals surface area (Å²) < 4.78 is 1.78. The Morgan fingerprint density at radius 2 is 2.23 bits per heavy atom. The molecular formula is C16H19N5O. The molecule has 114 valence electrons. The Labute approximate surface area is 128 Å². The number of nitrogens with zero attached hydrogens (tertiary/aromatic N) is 3. The average Bonchev–Trinajstić information content (AvgIpc) is 2.99. The van der Waals surface area contributed by atoms with E-state index in [0.717, 1.165) is 28.7 Å². The molecule has 0 spiro atoms. The molecule has 0 bridgehead atoms. The van der Waals surface area contributed by atoms with Crippen LogP contribution in [0.4, 0.5) is 0 Å². The Kier molecular flexibility index (Phi) is 4.02.